The molecule has 0 spiro atoms. The molecule has 0 bridgehead atoms. The lowest BCUT2D eigenvalue weighted by Gasteiger charge is -2.21. The summed E-state index contributed by atoms with van der Waals surface area (Å²) in [5.41, 5.74) is 1.79. The van der Waals surface area contributed by atoms with E-state index in [9.17, 15) is 9.18 Å². The zero-order valence-corrected chi connectivity index (χ0v) is 10.0. The first-order chi connectivity index (χ1) is 8.16. The fourth-order valence-corrected chi connectivity index (χ4v) is 2.18. The highest BCUT2D eigenvalue weighted by atomic mass is 19.1. The molecule has 1 fully saturated rings. The van der Waals surface area contributed by atoms with Gasteiger partial charge in [-0.15, -0.1) is 0 Å². The molecular weight excluding hydrogens is 219 g/mol. The van der Waals surface area contributed by atoms with Gasteiger partial charge in [0, 0.05) is 25.6 Å². The zero-order valence-electron chi connectivity index (χ0n) is 10.0. The quantitative estimate of drug-likeness (QED) is 0.806. The van der Waals surface area contributed by atoms with E-state index in [4.69, 9.17) is 4.74 Å². The smallest absolute Gasteiger partial charge is 0.140 e. The van der Waals surface area contributed by atoms with Crippen LogP contribution in [0.15, 0.2) is 18.2 Å². The molecule has 1 aromatic rings. The lowest BCUT2D eigenvalue weighted by Crippen LogP contribution is -2.25. The number of ketones is 1. The third-order valence-electron chi connectivity index (χ3n) is 3.35. The van der Waals surface area contributed by atoms with Gasteiger partial charge in [0.2, 0.25) is 0 Å². The number of rotatable bonds is 3. The van der Waals surface area contributed by atoms with Crippen molar-refractivity contribution in [2.75, 3.05) is 13.2 Å². The van der Waals surface area contributed by atoms with Crippen LogP contribution in [0.2, 0.25) is 0 Å². The number of hydrogen-bond acceptors (Lipinski definition) is 2. The normalized spacial score (nSPS) is 17.1. The molecule has 17 heavy (non-hydrogen) atoms. The topological polar surface area (TPSA) is 26.3 Å². The Labute approximate surface area is 101 Å². The molecule has 1 saturated heterocycles. The van der Waals surface area contributed by atoms with Crippen molar-refractivity contribution in [3.8, 4) is 0 Å². The van der Waals surface area contributed by atoms with Crippen LogP contribution in [0, 0.1) is 18.7 Å². The molecule has 1 aromatic carbocycles. The Balaban J connectivity index is 2.04. The fraction of sp³-hybridized carbons (Fsp3) is 0.500. The van der Waals surface area contributed by atoms with Gasteiger partial charge >= 0.3 is 0 Å². The average molecular weight is 236 g/mol. The lowest BCUT2D eigenvalue weighted by atomic mass is 9.90. The molecule has 0 N–H and O–H groups in total. The van der Waals surface area contributed by atoms with Gasteiger partial charge in [0.25, 0.3) is 0 Å². The van der Waals surface area contributed by atoms with Gasteiger partial charge in [-0.1, -0.05) is 6.07 Å². The monoisotopic (exact) mass is 236 g/mol. The molecule has 1 aliphatic rings. The van der Waals surface area contributed by atoms with Crippen LogP contribution in [0.4, 0.5) is 4.39 Å². The van der Waals surface area contributed by atoms with Crippen molar-refractivity contribution in [1.82, 2.24) is 0 Å². The molecular formula is C14H17FO2. The molecule has 0 radical (unpaired) electrons. The predicted molar refractivity (Wildman–Crippen MR) is 63.4 cm³/mol. The van der Waals surface area contributed by atoms with Crippen LogP contribution < -0.4 is 0 Å². The number of Topliss-reactive ketones (excluding diaryl/α,β-unsaturated/α-hetero) is 1. The molecule has 2 rings (SSSR count). The van der Waals surface area contributed by atoms with E-state index in [0.717, 1.165) is 24.0 Å². The Hall–Kier alpha value is -1.22. The van der Waals surface area contributed by atoms with Crippen LogP contribution in [-0.4, -0.2) is 19.0 Å². The van der Waals surface area contributed by atoms with Crippen LogP contribution in [-0.2, 0) is 16.0 Å². The first-order valence-corrected chi connectivity index (χ1v) is 6.02. The van der Waals surface area contributed by atoms with E-state index < -0.39 is 0 Å². The maximum atomic E-state index is 13.1. The molecule has 3 heteroatoms. The van der Waals surface area contributed by atoms with E-state index in [1.165, 1.54) is 12.1 Å². The highest BCUT2D eigenvalue weighted by Gasteiger charge is 2.21. The summed E-state index contributed by atoms with van der Waals surface area (Å²) in [5.74, 6) is 0.0267. The Morgan fingerprint density at radius 3 is 2.82 bits per heavy atom. The third kappa shape index (κ3) is 3.13. The molecule has 0 atom stereocenters. The van der Waals surface area contributed by atoms with E-state index in [0.29, 0.717) is 19.6 Å². The largest absolute Gasteiger partial charge is 0.381 e. The number of hydrogen-bond donors (Lipinski definition) is 0. The Kier molecular flexibility index (Phi) is 3.89. The Morgan fingerprint density at radius 1 is 1.41 bits per heavy atom. The van der Waals surface area contributed by atoms with E-state index >= 15 is 0 Å². The van der Waals surface area contributed by atoms with Gasteiger partial charge in [-0.05, 0) is 43.0 Å². The van der Waals surface area contributed by atoms with E-state index in [1.807, 2.05) is 6.92 Å². The highest BCUT2D eigenvalue weighted by Crippen LogP contribution is 2.19. The maximum Gasteiger partial charge on any atom is 0.140 e. The summed E-state index contributed by atoms with van der Waals surface area (Å²) >= 11 is 0. The summed E-state index contributed by atoms with van der Waals surface area (Å²) < 4.78 is 18.3. The number of carbonyl (C=O) groups is 1. The molecule has 0 aromatic heterocycles. The molecule has 0 amide bonds. The van der Waals surface area contributed by atoms with Gasteiger partial charge in [-0.2, -0.15) is 0 Å². The second-order valence-corrected chi connectivity index (χ2v) is 4.60. The standard InChI is InChI=1S/C14H17FO2/c1-10-2-3-13(15)8-12(10)9-14(16)11-4-6-17-7-5-11/h2-3,8,11H,4-7,9H2,1H3. The molecule has 0 saturated carbocycles. The van der Waals surface area contributed by atoms with Crippen molar-refractivity contribution in [3.05, 3.63) is 35.1 Å². The van der Waals surface area contributed by atoms with Gasteiger partial charge in [0.05, 0.1) is 0 Å². The van der Waals surface area contributed by atoms with E-state index in [2.05, 4.69) is 0 Å². The van der Waals surface area contributed by atoms with Gasteiger partial charge in [0.1, 0.15) is 11.6 Å². The number of aryl methyl sites for hydroxylation is 1. The number of benzene rings is 1. The van der Waals surface area contributed by atoms with Crippen LogP contribution >= 0.6 is 0 Å². The van der Waals surface area contributed by atoms with Crippen LogP contribution in [0.1, 0.15) is 24.0 Å². The average Bonchev–Trinajstić information content (AvgIpc) is 2.35. The van der Waals surface area contributed by atoms with Crippen molar-refractivity contribution in [2.45, 2.75) is 26.2 Å². The minimum Gasteiger partial charge on any atom is -0.381 e. The molecule has 0 unspecified atom stereocenters. The van der Waals surface area contributed by atoms with Crippen molar-refractivity contribution in [1.29, 1.82) is 0 Å². The van der Waals surface area contributed by atoms with Crippen molar-refractivity contribution in [2.24, 2.45) is 5.92 Å². The van der Waals surface area contributed by atoms with Crippen LogP contribution in [0.25, 0.3) is 0 Å². The van der Waals surface area contributed by atoms with Gasteiger partial charge in [-0.3, -0.25) is 4.79 Å². The summed E-state index contributed by atoms with van der Waals surface area (Å²) in [7, 11) is 0. The molecule has 0 aliphatic carbocycles. The summed E-state index contributed by atoms with van der Waals surface area (Å²) in [6.45, 7) is 3.24. The van der Waals surface area contributed by atoms with Crippen molar-refractivity contribution in [3.63, 3.8) is 0 Å². The van der Waals surface area contributed by atoms with E-state index in [-0.39, 0.29) is 17.5 Å². The van der Waals surface area contributed by atoms with Crippen molar-refractivity contribution < 1.29 is 13.9 Å². The zero-order chi connectivity index (χ0) is 12.3. The molecule has 1 aliphatic heterocycles. The first-order valence-electron chi connectivity index (χ1n) is 6.02. The minimum atomic E-state index is -0.273. The summed E-state index contributed by atoms with van der Waals surface area (Å²) in [4.78, 5) is 12.1. The SMILES string of the molecule is Cc1ccc(F)cc1CC(=O)C1CCOCC1. The van der Waals surface area contributed by atoms with Crippen LogP contribution in [0.3, 0.4) is 0 Å². The van der Waals surface area contributed by atoms with Gasteiger partial charge < -0.3 is 4.74 Å². The lowest BCUT2D eigenvalue weighted by molar-refractivity contribution is -0.125. The highest BCUT2D eigenvalue weighted by molar-refractivity contribution is 5.83. The molecule has 1 heterocycles. The fourth-order valence-electron chi connectivity index (χ4n) is 2.18. The third-order valence-corrected chi connectivity index (χ3v) is 3.35. The van der Waals surface area contributed by atoms with Gasteiger partial charge in [0.15, 0.2) is 0 Å². The Bertz CT molecular complexity index is 409. The van der Waals surface area contributed by atoms with Crippen LogP contribution in [0.5, 0.6) is 0 Å². The summed E-state index contributed by atoms with van der Waals surface area (Å²) in [6.07, 6.45) is 1.94. The van der Waals surface area contributed by atoms with Crippen molar-refractivity contribution >= 4 is 5.78 Å². The molecule has 2 nitrogen and oxygen atoms in total. The molecule has 92 valence electrons. The first kappa shape index (κ1) is 12.2. The summed E-state index contributed by atoms with van der Waals surface area (Å²) in [5, 5.41) is 0. The van der Waals surface area contributed by atoms with E-state index in [1.54, 1.807) is 6.07 Å². The Morgan fingerprint density at radius 2 is 2.12 bits per heavy atom. The number of ether oxygens (including phenoxy) is 1. The number of halogens is 1. The van der Waals surface area contributed by atoms with Gasteiger partial charge in [-0.25, -0.2) is 4.39 Å². The minimum absolute atomic E-state index is 0.0893. The second-order valence-electron chi connectivity index (χ2n) is 4.60. The number of carbonyl (C=O) groups excluding carboxylic acids is 1. The summed E-state index contributed by atoms with van der Waals surface area (Å²) in [6, 6.07) is 4.62. The maximum absolute atomic E-state index is 13.1. The second kappa shape index (κ2) is 5.41. The predicted octanol–water partition coefficient (Wildman–Crippen LogP) is 2.67.